The first-order valence-corrected chi connectivity index (χ1v) is 5.97. The first kappa shape index (κ1) is 14.4. The standard InChI is InChI=1S/C12H11BrO5/c1-6(14)11(13)7-3-2-4-8(12(17)18)9(7)5-10(15)16/h2-4,11H,5H2,1H3,(H,15,16)(H,17,18). The zero-order chi connectivity index (χ0) is 13.9. The van der Waals surface area contributed by atoms with Crippen molar-refractivity contribution in [1.82, 2.24) is 0 Å². The molecule has 1 aromatic carbocycles. The Hall–Kier alpha value is -1.69. The number of halogens is 1. The molecule has 96 valence electrons. The van der Waals surface area contributed by atoms with Gasteiger partial charge in [-0.3, -0.25) is 9.59 Å². The minimum atomic E-state index is -1.21. The molecule has 0 aliphatic rings. The van der Waals surface area contributed by atoms with E-state index in [4.69, 9.17) is 10.2 Å². The van der Waals surface area contributed by atoms with Gasteiger partial charge in [0, 0.05) is 0 Å². The van der Waals surface area contributed by atoms with Crippen molar-refractivity contribution in [3.63, 3.8) is 0 Å². The number of alkyl halides is 1. The van der Waals surface area contributed by atoms with Gasteiger partial charge in [0.15, 0.2) is 0 Å². The number of aromatic carboxylic acids is 1. The smallest absolute Gasteiger partial charge is 0.335 e. The van der Waals surface area contributed by atoms with E-state index in [2.05, 4.69) is 15.9 Å². The van der Waals surface area contributed by atoms with Gasteiger partial charge < -0.3 is 10.2 Å². The second kappa shape index (κ2) is 5.77. The number of hydrogen-bond acceptors (Lipinski definition) is 3. The molecule has 2 N–H and O–H groups in total. The molecule has 1 aromatic rings. The van der Waals surface area contributed by atoms with Crippen molar-refractivity contribution < 1.29 is 24.6 Å². The number of ketones is 1. The zero-order valence-electron chi connectivity index (χ0n) is 9.51. The molecule has 5 nitrogen and oxygen atoms in total. The van der Waals surface area contributed by atoms with Crippen LogP contribution in [0.5, 0.6) is 0 Å². The summed E-state index contributed by atoms with van der Waals surface area (Å²) in [4.78, 5) is 32.5. The third-order valence-corrected chi connectivity index (χ3v) is 3.54. The van der Waals surface area contributed by atoms with Gasteiger partial charge in [-0.2, -0.15) is 0 Å². The molecule has 0 heterocycles. The number of rotatable bonds is 5. The van der Waals surface area contributed by atoms with Gasteiger partial charge in [0.1, 0.15) is 5.78 Å². The number of carbonyl (C=O) groups is 3. The van der Waals surface area contributed by atoms with Crippen LogP contribution < -0.4 is 0 Å². The average Bonchev–Trinajstić information content (AvgIpc) is 2.27. The van der Waals surface area contributed by atoms with Gasteiger partial charge in [0.25, 0.3) is 0 Å². The Morgan fingerprint density at radius 1 is 1.28 bits per heavy atom. The van der Waals surface area contributed by atoms with Crippen LogP contribution in [0.15, 0.2) is 18.2 Å². The number of carboxylic acid groups (broad SMARTS) is 2. The monoisotopic (exact) mass is 314 g/mol. The van der Waals surface area contributed by atoms with Gasteiger partial charge >= 0.3 is 11.9 Å². The molecule has 1 rings (SSSR count). The van der Waals surface area contributed by atoms with E-state index in [1.54, 1.807) is 6.07 Å². The number of Topliss-reactive ketones (excluding diaryl/α,β-unsaturated/α-hetero) is 1. The topological polar surface area (TPSA) is 91.7 Å². The SMILES string of the molecule is CC(=O)C(Br)c1cccc(C(=O)O)c1CC(=O)O. The molecule has 0 aliphatic carbocycles. The third kappa shape index (κ3) is 3.16. The zero-order valence-corrected chi connectivity index (χ0v) is 11.1. The maximum atomic E-state index is 11.3. The van der Waals surface area contributed by atoms with E-state index >= 15 is 0 Å². The Balaban J connectivity index is 3.41. The van der Waals surface area contributed by atoms with E-state index < -0.39 is 23.2 Å². The molecule has 1 unspecified atom stereocenters. The van der Waals surface area contributed by atoms with Crippen molar-refractivity contribution in [2.75, 3.05) is 0 Å². The molecule has 0 aromatic heterocycles. The first-order valence-electron chi connectivity index (χ1n) is 5.06. The van der Waals surface area contributed by atoms with Gasteiger partial charge in [0.2, 0.25) is 0 Å². The molecule has 0 spiro atoms. The molecule has 1 atom stereocenters. The van der Waals surface area contributed by atoms with Crippen LogP contribution in [0, 0.1) is 0 Å². The highest BCUT2D eigenvalue weighted by molar-refractivity contribution is 9.09. The van der Waals surface area contributed by atoms with Crippen molar-refractivity contribution in [2.24, 2.45) is 0 Å². The normalized spacial score (nSPS) is 11.9. The Labute approximate surface area is 112 Å². The Kier molecular flexibility index (Phi) is 4.61. The molecule has 0 radical (unpaired) electrons. The van der Waals surface area contributed by atoms with Crippen LogP contribution in [0.4, 0.5) is 0 Å². The highest BCUT2D eigenvalue weighted by Crippen LogP contribution is 2.29. The van der Waals surface area contributed by atoms with Crippen molar-refractivity contribution >= 4 is 33.7 Å². The summed E-state index contributed by atoms with van der Waals surface area (Å²) in [6.45, 7) is 1.34. The highest BCUT2D eigenvalue weighted by atomic mass is 79.9. The van der Waals surface area contributed by atoms with Gasteiger partial charge in [-0.25, -0.2) is 4.79 Å². The summed E-state index contributed by atoms with van der Waals surface area (Å²) in [5.41, 5.74) is 0.431. The van der Waals surface area contributed by atoms with E-state index in [1.165, 1.54) is 19.1 Å². The van der Waals surface area contributed by atoms with E-state index in [1.807, 2.05) is 0 Å². The maximum Gasteiger partial charge on any atom is 0.335 e. The average molecular weight is 315 g/mol. The Morgan fingerprint density at radius 2 is 1.89 bits per heavy atom. The van der Waals surface area contributed by atoms with E-state index in [9.17, 15) is 14.4 Å². The fourth-order valence-corrected chi connectivity index (χ4v) is 2.04. The molecule has 6 heteroatoms. The molecule has 18 heavy (non-hydrogen) atoms. The van der Waals surface area contributed by atoms with Gasteiger partial charge in [-0.15, -0.1) is 0 Å². The second-order valence-corrected chi connectivity index (χ2v) is 4.64. The summed E-state index contributed by atoms with van der Waals surface area (Å²) in [6.07, 6.45) is -0.437. The number of carbonyl (C=O) groups excluding carboxylic acids is 1. The quantitative estimate of drug-likeness (QED) is 0.811. The first-order chi connectivity index (χ1) is 8.34. The van der Waals surface area contributed by atoms with Crippen LogP contribution in [0.1, 0.15) is 33.2 Å². The molecule has 0 bridgehead atoms. The lowest BCUT2D eigenvalue weighted by atomic mass is 9.95. The summed E-state index contributed by atoms with van der Waals surface area (Å²) in [6, 6.07) is 4.36. The minimum absolute atomic E-state index is 0.0967. The van der Waals surface area contributed by atoms with E-state index in [0.717, 1.165) is 0 Å². The summed E-state index contributed by atoms with van der Waals surface area (Å²) < 4.78 is 0. The molecule has 0 saturated heterocycles. The van der Waals surface area contributed by atoms with Crippen LogP contribution in [-0.2, 0) is 16.0 Å². The Morgan fingerprint density at radius 3 is 2.33 bits per heavy atom. The minimum Gasteiger partial charge on any atom is -0.481 e. The third-order valence-electron chi connectivity index (χ3n) is 2.40. The largest absolute Gasteiger partial charge is 0.481 e. The van der Waals surface area contributed by atoms with Crippen molar-refractivity contribution in [3.8, 4) is 0 Å². The van der Waals surface area contributed by atoms with Crippen LogP contribution in [-0.4, -0.2) is 27.9 Å². The van der Waals surface area contributed by atoms with Crippen LogP contribution in [0.25, 0.3) is 0 Å². The van der Waals surface area contributed by atoms with E-state index in [-0.39, 0.29) is 16.9 Å². The molecule has 0 amide bonds. The number of aliphatic carboxylic acids is 1. The Bertz CT molecular complexity index is 509. The summed E-state index contributed by atoms with van der Waals surface area (Å²) >= 11 is 3.14. The van der Waals surface area contributed by atoms with Gasteiger partial charge in [-0.1, -0.05) is 28.1 Å². The lowest BCUT2D eigenvalue weighted by molar-refractivity contribution is -0.136. The molecular formula is C12H11BrO5. The predicted molar refractivity (Wildman–Crippen MR) is 67.1 cm³/mol. The van der Waals surface area contributed by atoms with Crippen LogP contribution in [0.2, 0.25) is 0 Å². The molecule has 0 saturated carbocycles. The predicted octanol–water partition coefficient (Wildman–Crippen LogP) is 2.04. The summed E-state index contributed by atoms with van der Waals surface area (Å²) in [5, 5.41) is 17.9. The molecule has 0 aliphatic heterocycles. The van der Waals surface area contributed by atoms with Crippen molar-refractivity contribution in [2.45, 2.75) is 18.2 Å². The summed E-state index contributed by atoms with van der Waals surface area (Å²) in [7, 11) is 0. The number of carboxylic acids is 2. The highest BCUT2D eigenvalue weighted by Gasteiger charge is 2.22. The maximum absolute atomic E-state index is 11.3. The number of hydrogen-bond donors (Lipinski definition) is 2. The number of benzene rings is 1. The van der Waals surface area contributed by atoms with Crippen molar-refractivity contribution in [3.05, 3.63) is 34.9 Å². The van der Waals surface area contributed by atoms with Gasteiger partial charge in [-0.05, 0) is 24.1 Å². The fraction of sp³-hybridized carbons (Fsp3) is 0.250. The van der Waals surface area contributed by atoms with Crippen LogP contribution >= 0.6 is 15.9 Å². The molecule has 0 fully saturated rings. The lowest BCUT2D eigenvalue weighted by Gasteiger charge is -2.14. The van der Waals surface area contributed by atoms with Gasteiger partial charge in [0.05, 0.1) is 16.8 Å². The fourth-order valence-electron chi connectivity index (χ4n) is 1.61. The van der Waals surface area contributed by atoms with Crippen LogP contribution in [0.3, 0.4) is 0 Å². The summed E-state index contributed by atoms with van der Waals surface area (Å²) in [5.74, 6) is -2.58. The van der Waals surface area contributed by atoms with E-state index in [0.29, 0.717) is 5.56 Å². The lowest BCUT2D eigenvalue weighted by Crippen LogP contribution is -2.13. The van der Waals surface area contributed by atoms with Crippen molar-refractivity contribution in [1.29, 1.82) is 0 Å². The second-order valence-electron chi connectivity index (χ2n) is 3.72. The molecular weight excluding hydrogens is 304 g/mol.